The molecule has 2 aliphatic heterocycles. The minimum absolute atomic E-state index is 0. The summed E-state index contributed by atoms with van der Waals surface area (Å²) in [4.78, 5) is 52.1. The first-order valence-electron chi connectivity index (χ1n) is 7.62. The Kier molecular flexibility index (Phi) is 7.90. The number of carboxylic acids is 2. The van der Waals surface area contributed by atoms with Crippen LogP contribution in [0, 0.1) is 0 Å². The van der Waals surface area contributed by atoms with Crippen LogP contribution >= 0.6 is 23.1 Å². The highest BCUT2D eigenvalue weighted by Crippen LogP contribution is 2.37. The summed E-state index contributed by atoms with van der Waals surface area (Å²) in [6, 6.07) is -0.908. The Hall–Kier alpha value is -2.94. The first kappa shape index (κ1) is 24.1. The van der Waals surface area contributed by atoms with Gasteiger partial charge in [-0.1, -0.05) is 6.08 Å². The van der Waals surface area contributed by atoms with Gasteiger partial charge in [0.15, 0.2) is 5.13 Å². The van der Waals surface area contributed by atoms with Crippen molar-refractivity contribution in [2.45, 2.75) is 17.8 Å². The Morgan fingerprint density at radius 3 is 2.59 bits per heavy atom. The molecule has 0 spiro atoms. The van der Waals surface area contributed by atoms with E-state index in [0.29, 0.717) is 5.75 Å². The number of β-lactam (4-membered cyclic amide) rings is 1. The first-order chi connectivity index (χ1) is 12.8. The molecule has 1 fully saturated rings. The number of aliphatic carboxylic acids is 2. The quantitative estimate of drug-likeness (QED) is 0.288. The number of aromatic nitrogens is 1. The third-order valence-electron chi connectivity index (χ3n) is 3.88. The van der Waals surface area contributed by atoms with Crippen molar-refractivity contribution in [2.24, 2.45) is 0 Å². The van der Waals surface area contributed by atoms with Crippen molar-refractivity contribution in [1.82, 2.24) is 15.2 Å². The van der Waals surface area contributed by atoms with E-state index in [1.54, 1.807) is 0 Å². The van der Waals surface area contributed by atoms with Gasteiger partial charge in [0.1, 0.15) is 17.1 Å². The fraction of sp³-hybridized carbons (Fsp3) is 0.267. The third-order valence-corrected chi connectivity index (χ3v) is 5.73. The van der Waals surface area contributed by atoms with Gasteiger partial charge in [-0.3, -0.25) is 19.3 Å². The average Bonchev–Trinajstić information content (AvgIpc) is 3.04. The molecule has 0 unspecified atom stereocenters. The van der Waals surface area contributed by atoms with E-state index in [0.717, 1.165) is 16.2 Å². The van der Waals surface area contributed by atoms with E-state index in [4.69, 9.17) is 15.9 Å². The van der Waals surface area contributed by atoms with Gasteiger partial charge in [0.05, 0.1) is 17.7 Å². The Morgan fingerprint density at radius 2 is 2.03 bits per heavy atom. The van der Waals surface area contributed by atoms with Crippen LogP contribution in [0.4, 0.5) is 5.13 Å². The number of thioether (sulfide) groups is 1. The number of hydrogen-bond donors (Lipinski definition) is 4. The SMILES string of the molecule is Nc1nc(/C(=C\CC(=O)O)C(=O)N[C@@H]2C(=O)N3C(C(=O)O)=CCS[C@H]23)cs1.O.O. The van der Waals surface area contributed by atoms with Crippen LogP contribution in [0.5, 0.6) is 0 Å². The number of anilines is 1. The third kappa shape index (κ3) is 4.73. The van der Waals surface area contributed by atoms with Gasteiger partial charge in [0.2, 0.25) is 0 Å². The number of nitrogens with zero attached hydrogens (tertiary/aromatic N) is 2. The number of carboxylic acid groups (broad SMARTS) is 2. The number of carbonyl (C=O) groups excluding carboxylic acids is 2. The van der Waals surface area contributed by atoms with Crippen LogP contribution in [0.2, 0.25) is 0 Å². The van der Waals surface area contributed by atoms with Gasteiger partial charge in [0.25, 0.3) is 11.8 Å². The van der Waals surface area contributed by atoms with E-state index in [9.17, 15) is 19.2 Å². The van der Waals surface area contributed by atoms with Crippen molar-refractivity contribution in [1.29, 1.82) is 0 Å². The molecule has 3 rings (SSSR count). The number of nitrogen functional groups attached to an aromatic ring is 1. The molecule has 2 aliphatic rings. The van der Waals surface area contributed by atoms with Crippen LogP contribution in [-0.2, 0) is 19.2 Å². The van der Waals surface area contributed by atoms with Gasteiger partial charge in [-0.2, -0.15) is 0 Å². The summed E-state index contributed by atoms with van der Waals surface area (Å²) in [5.41, 5.74) is 5.66. The number of carbonyl (C=O) groups is 4. The highest BCUT2D eigenvalue weighted by atomic mass is 32.2. The lowest BCUT2D eigenvalue weighted by Crippen LogP contribution is -2.70. The van der Waals surface area contributed by atoms with E-state index >= 15 is 0 Å². The van der Waals surface area contributed by atoms with Gasteiger partial charge in [0, 0.05) is 11.1 Å². The first-order valence-corrected chi connectivity index (χ1v) is 9.54. The maximum Gasteiger partial charge on any atom is 0.352 e. The second-order valence-corrected chi connectivity index (χ2v) is 7.60. The predicted molar refractivity (Wildman–Crippen MR) is 105 cm³/mol. The Bertz CT molecular complexity index is 897. The highest BCUT2D eigenvalue weighted by Gasteiger charge is 2.52. The number of thiazole rings is 1. The van der Waals surface area contributed by atoms with Crippen molar-refractivity contribution < 1.29 is 40.3 Å². The zero-order valence-corrected chi connectivity index (χ0v) is 16.2. The van der Waals surface area contributed by atoms with Gasteiger partial charge in [-0.15, -0.1) is 23.1 Å². The lowest BCUT2D eigenvalue weighted by Gasteiger charge is -2.48. The fourth-order valence-electron chi connectivity index (χ4n) is 2.67. The molecule has 14 heteroatoms. The molecule has 0 radical (unpaired) electrons. The van der Waals surface area contributed by atoms with Gasteiger partial charge >= 0.3 is 11.9 Å². The van der Waals surface area contributed by atoms with E-state index in [-0.39, 0.29) is 33.0 Å². The molecule has 1 saturated heterocycles. The second kappa shape index (κ2) is 9.51. The van der Waals surface area contributed by atoms with Crippen LogP contribution in [0.25, 0.3) is 5.57 Å². The van der Waals surface area contributed by atoms with Crippen molar-refractivity contribution >= 4 is 57.6 Å². The minimum Gasteiger partial charge on any atom is -0.481 e. The molecular weight excluding hydrogens is 428 g/mol. The lowest BCUT2D eigenvalue weighted by atomic mass is 10.0. The van der Waals surface area contributed by atoms with Crippen molar-refractivity contribution in [2.75, 3.05) is 11.5 Å². The summed E-state index contributed by atoms with van der Waals surface area (Å²) in [7, 11) is 0. The standard InChI is InChI=1S/C15H14N4O6S2.2H2O/c16-15-17-7(5-27-15)6(1-2-9(20)21)11(22)18-10-12(23)19-8(14(24)25)3-4-26-13(10)19;;/h1,3,5,10,13H,2,4H2,(H2,16,17)(H,18,22)(H,20,21)(H,24,25);2*1H2/b6-1+;;/t10-,13-;;/m1../s1. The van der Waals surface area contributed by atoms with Crippen LogP contribution in [0.1, 0.15) is 12.1 Å². The topological polar surface area (TPSA) is 226 Å². The molecule has 0 aromatic carbocycles. The average molecular weight is 446 g/mol. The number of amides is 2. The van der Waals surface area contributed by atoms with E-state index in [1.165, 1.54) is 29.3 Å². The zero-order chi connectivity index (χ0) is 19.7. The molecule has 2 atom stereocenters. The van der Waals surface area contributed by atoms with Crippen LogP contribution in [-0.4, -0.2) is 72.0 Å². The molecule has 12 nitrogen and oxygen atoms in total. The Morgan fingerprint density at radius 1 is 1.34 bits per heavy atom. The zero-order valence-electron chi connectivity index (χ0n) is 14.6. The number of fused-ring (bicyclic) bond motifs is 1. The van der Waals surface area contributed by atoms with Gasteiger partial charge in [-0.25, -0.2) is 9.78 Å². The predicted octanol–water partition coefficient (Wildman–Crippen LogP) is -1.70. The van der Waals surface area contributed by atoms with Crippen molar-refractivity contribution in [3.05, 3.63) is 28.9 Å². The molecular formula is C15H18N4O8S2. The maximum atomic E-state index is 12.6. The van der Waals surface area contributed by atoms with Crippen LogP contribution < -0.4 is 11.1 Å². The molecule has 3 heterocycles. The minimum atomic E-state index is -1.21. The van der Waals surface area contributed by atoms with Gasteiger partial charge in [-0.05, 0) is 6.08 Å². The molecule has 0 bridgehead atoms. The lowest BCUT2D eigenvalue weighted by molar-refractivity contribution is -0.150. The molecule has 158 valence electrons. The highest BCUT2D eigenvalue weighted by molar-refractivity contribution is 8.00. The van der Waals surface area contributed by atoms with E-state index in [1.807, 2.05) is 0 Å². The van der Waals surface area contributed by atoms with E-state index in [2.05, 4.69) is 10.3 Å². The molecule has 2 amide bonds. The number of nitrogens with two attached hydrogens (primary N) is 1. The molecule has 0 saturated carbocycles. The monoisotopic (exact) mass is 446 g/mol. The molecule has 1 aromatic rings. The molecule has 0 aliphatic carbocycles. The summed E-state index contributed by atoms with van der Waals surface area (Å²) in [5, 5.41) is 21.8. The molecule has 29 heavy (non-hydrogen) atoms. The van der Waals surface area contributed by atoms with E-state index < -0.39 is 41.6 Å². The molecule has 1 aromatic heterocycles. The van der Waals surface area contributed by atoms with Crippen molar-refractivity contribution in [3.63, 3.8) is 0 Å². The fourth-order valence-corrected chi connectivity index (χ4v) is 4.43. The summed E-state index contributed by atoms with van der Waals surface area (Å²) in [5.74, 6) is -3.16. The second-order valence-electron chi connectivity index (χ2n) is 5.56. The Labute approximate surface area is 171 Å². The maximum absolute atomic E-state index is 12.6. The van der Waals surface area contributed by atoms with Gasteiger partial charge < -0.3 is 32.2 Å². The summed E-state index contributed by atoms with van der Waals surface area (Å²) in [6.07, 6.45) is 2.23. The number of hydrogen-bond acceptors (Lipinski definition) is 8. The summed E-state index contributed by atoms with van der Waals surface area (Å²) >= 11 is 2.41. The largest absolute Gasteiger partial charge is 0.481 e. The molecule has 9 N–H and O–H groups in total. The van der Waals surface area contributed by atoms with Crippen LogP contribution in [0.3, 0.4) is 0 Å². The Balaban J connectivity index is 0.00000210. The number of nitrogens with one attached hydrogen (secondary N) is 1. The number of rotatable bonds is 6. The summed E-state index contributed by atoms with van der Waals surface area (Å²) in [6.45, 7) is 0. The van der Waals surface area contributed by atoms with Crippen molar-refractivity contribution in [3.8, 4) is 0 Å². The normalized spacial score (nSPS) is 20.3. The smallest absolute Gasteiger partial charge is 0.352 e. The summed E-state index contributed by atoms with van der Waals surface area (Å²) < 4.78 is 0. The van der Waals surface area contributed by atoms with Crippen LogP contribution in [0.15, 0.2) is 23.2 Å².